The van der Waals surface area contributed by atoms with E-state index in [4.69, 9.17) is 4.42 Å². The number of aromatic nitrogens is 1. The molecule has 2 heterocycles. The summed E-state index contributed by atoms with van der Waals surface area (Å²) < 4.78 is 4.94. The normalized spacial score (nSPS) is 18.4. The van der Waals surface area contributed by atoms with Gasteiger partial charge in [-0.15, -0.1) is 0 Å². The van der Waals surface area contributed by atoms with Crippen LogP contribution in [0.15, 0.2) is 41.3 Å². The molecule has 0 bridgehead atoms. The van der Waals surface area contributed by atoms with Crippen molar-refractivity contribution in [1.82, 2.24) is 4.98 Å². The van der Waals surface area contributed by atoms with Crippen molar-refractivity contribution >= 4 is 5.78 Å². The lowest BCUT2D eigenvalue weighted by atomic mass is 9.97. The van der Waals surface area contributed by atoms with Crippen LogP contribution in [-0.4, -0.2) is 10.8 Å². The monoisotopic (exact) mass is 213 g/mol. The average Bonchev–Trinajstić information content (AvgIpc) is 2.98. The Kier molecular flexibility index (Phi) is 2.10. The Balaban J connectivity index is 1.96. The van der Waals surface area contributed by atoms with Crippen LogP contribution in [0, 0.1) is 0 Å². The molecule has 1 aliphatic carbocycles. The zero-order valence-electron chi connectivity index (χ0n) is 8.72. The molecule has 1 unspecified atom stereocenters. The van der Waals surface area contributed by atoms with Gasteiger partial charge in [-0.1, -0.05) is 6.07 Å². The number of hydrogen-bond acceptors (Lipinski definition) is 3. The highest BCUT2D eigenvalue weighted by molar-refractivity contribution is 6.01. The third kappa shape index (κ3) is 1.36. The van der Waals surface area contributed by atoms with Crippen molar-refractivity contribution in [1.29, 1.82) is 0 Å². The molecule has 3 rings (SSSR count). The number of carbonyl (C=O) groups excluding carboxylic acids is 1. The second-order valence-corrected chi connectivity index (χ2v) is 4.02. The molecule has 16 heavy (non-hydrogen) atoms. The predicted octanol–water partition coefficient (Wildman–Crippen LogP) is 2.59. The molecular weight excluding hydrogens is 202 g/mol. The summed E-state index contributed by atoms with van der Waals surface area (Å²) in [7, 11) is 0. The zero-order valence-corrected chi connectivity index (χ0v) is 8.72. The van der Waals surface area contributed by atoms with Gasteiger partial charge in [0.05, 0.1) is 23.4 Å². The molecule has 3 heteroatoms. The van der Waals surface area contributed by atoms with Gasteiger partial charge >= 0.3 is 0 Å². The van der Waals surface area contributed by atoms with E-state index in [0.29, 0.717) is 5.56 Å². The van der Waals surface area contributed by atoms with Crippen LogP contribution in [0.5, 0.6) is 0 Å². The summed E-state index contributed by atoms with van der Waals surface area (Å²) in [4.78, 5) is 16.5. The molecule has 1 aliphatic rings. The highest BCUT2D eigenvalue weighted by Crippen LogP contribution is 2.33. The van der Waals surface area contributed by atoms with Gasteiger partial charge in [0.2, 0.25) is 0 Å². The smallest absolute Gasteiger partial charge is 0.175 e. The molecule has 0 aromatic carbocycles. The van der Waals surface area contributed by atoms with Crippen LogP contribution in [0.4, 0.5) is 0 Å². The summed E-state index contributed by atoms with van der Waals surface area (Å²) in [6, 6.07) is 5.68. The molecule has 0 saturated heterocycles. The lowest BCUT2D eigenvalue weighted by Crippen LogP contribution is -2.10. The first-order chi connectivity index (χ1) is 7.86. The van der Waals surface area contributed by atoms with E-state index in [9.17, 15) is 4.79 Å². The van der Waals surface area contributed by atoms with Crippen LogP contribution >= 0.6 is 0 Å². The van der Waals surface area contributed by atoms with E-state index in [0.717, 1.165) is 18.5 Å². The molecule has 80 valence electrons. The summed E-state index contributed by atoms with van der Waals surface area (Å²) in [5, 5.41) is 0. The number of aryl methyl sites for hydroxylation is 1. The van der Waals surface area contributed by atoms with Crippen LogP contribution < -0.4 is 0 Å². The Morgan fingerprint density at radius 2 is 2.38 bits per heavy atom. The number of hydrogen-bond donors (Lipinski definition) is 0. The van der Waals surface area contributed by atoms with E-state index >= 15 is 0 Å². The topological polar surface area (TPSA) is 43.1 Å². The Labute approximate surface area is 93.1 Å². The minimum atomic E-state index is -0.0891. The summed E-state index contributed by atoms with van der Waals surface area (Å²) in [5.74, 6) is 0.0278. The highest BCUT2D eigenvalue weighted by Gasteiger charge is 2.30. The molecule has 0 radical (unpaired) electrons. The van der Waals surface area contributed by atoms with Gasteiger partial charge in [-0.05, 0) is 30.5 Å². The maximum atomic E-state index is 12.2. The lowest BCUT2D eigenvalue weighted by Gasteiger charge is -2.07. The zero-order chi connectivity index (χ0) is 11.0. The number of fused-ring (bicyclic) bond motifs is 1. The number of ketones is 1. The van der Waals surface area contributed by atoms with Gasteiger partial charge in [0.1, 0.15) is 6.26 Å². The van der Waals surface area contributed by atoms with Crippen molar-refractivity contribution in [3.63, 3.8) is 0 Å². The molecule has 3 nitrogen and oxygen atoms in total. The van der Waals surface area contributed by atoms with E-state index < -0.39 is 0 Å². The largest absolute Gasteiger partial charge is 0.472 e. The fourth-order valence-corrected chi connectivity index (χ4v) is 2.27. The lowest BCUT2D eigenvalue weighted by molar-refractivity contribution is 0.0957. The Hall–Kier alpha value is -1.90. The fourth-order valence-electron chi connectivity index (χ4n) is 2.27. The number of pyridine rings is 1. The molecular formula is C13H11NO2. The molecule has 0 fully saturated rings. The maximum Gasteiger partial charge on any atom is 0.175 e. The fraction of sp³-hybridized carbons (Fsp3) is 0.231. The standard InChI is InChI=1S/C13H11NO2/c15-13(10-5-7-16-8-10)11-4-3-9-2-1-6-14-12(9)11/h1-2,5-8,11H,3-4H2. The van der Waals surface area contributed by atoms with Crippen molar-refractivity contribution in [3.8, 4) is 0 Å². The van der Waals surface area contributed by atoms with Gasteiger partial charge < -0.3 is 4.42 Å². The predicted molar refractivity (Wildman–Crippen MR) is 58.3 cm³/mol. The SMILES string of the molecule is O=C(c1ccoc1)C1CCc2cccnc21. The molecule has 1 atom stereocenters. The van der Waals surface area contributed by atoms with Crippen LogP contribution in [0.2, 0.25) is 0 Å². The van der Waals surface area contributed by atoms with E-state index in [1.165, 1.54) is 18.1 Å². The van der Waals surface area contributed by atoms with Crippen LogP contribution in [0.3, 0.4) is 0 Å². The molecule has 0 N–H and O–H groups in total. The van der Waals surface area contributed by atoms with Crippen molar-refractivity contribution in [2.24, 2.45) is 0 Å². The molecule has 2 aromatic heterocycles. The van der Waals surface area contributed by atoms with Crippen molar-refractivity contribution in [3.05, 3.63) is 53.7 Å². The van der Waals surface area contributed by atoms with E-state index in [2.05, 4.69) is 4.98 Å². The quantitative estimate of drug-likeness (QED) is 0.720. The van der Waals surface area contributed by atoms with Crippen LogP contribution in [-0.2, 0) is 6.42 Å². The first-order valence-corrected chi connectivity index (χ1v) is 5.36. The molecule has 0 aliphatic heterocycles. The van der Waals surface area contributed by atoms with E-state index in [1.807, 2.05) is 12.1 Å². The molecule has 0 saturated carbocycles. The van der Waals surface area contributed by atoms with Gasteiger partial charge in [-0.25, -0.2) is 0 Å². The Morgan fingerprint density at radius 1 is 1.44 bits per heavy atom. The number of furan rings is 1. The van der Waals surface area contributed by atoms with Gasteiger partial charge in [-0.2, -0.15) is 0 Å². The summed E-state index contributed by atoms with van der Waals surface area (Å²) in [5.41, 5.74) is 2.78. The van der Waals surface area contributed by atoms with Crippen molar-refractivity contribution < 1.29 is 9.21 Å². The van der Waals surface area contributed by atoms with Crippen LogP contribution in [0.1, 0.15) is 34.0 Å². The Morgan fingerprint density at radius 3 is 3.19 bits per heavy atom. The number of Topliss-reactive ketones (excluding diaryl/α,β-unsaturated/α-hetero) is 1. The minimum Gasteiger partial charge on any atom is -0.472 e. The van der Waals surface area contributed by atoms with E-state index in [1.54, 1.807) is 12.3 Å². The van der Waals surface area contributed by atoms with Crippen LogP contribution in [0.25, 0.3) is 0 Å². The number of rotatable bonds is 2. The van der Waals surface area contributed by atoms with Gasteiger partial charge in [0, 0.05) is 6.20 Å². The summed E-state index contributed by atoms with van der Waals surface area (Å²) in [6.45, 7) is 0. The second kappa shape index (κ2) is 3.59. The first kappa shape index (κ1) is 9.33. The molecule has 0 spiro atoms. The number of carbonyl (C=O) groups is 1. The van der Waals surface area contributed by atoms with Gasteiger partial charge in [0.15, 0.2) is 5.78 Å². The number of nitrogens with zero attached hydrogens (tertiary/aromatic N) is 1. The van der Waals surface area contributed by atoms with Gasteiger partial charge in [-0.3, -0.25) is 9.78 Å². The molecule has 2 aromatic rings. The summed E-state index contributed by atoms with van der Waals surface area (Å²) >= 11 is 0. The summed E-state index contributed by atoms with van der Waals surface area (Å²) in [6.07, 6.45) is 6.58. The molecule has 0 amide bonds. The third-order valence-corrected chi connectivity index (χ3v) is 3.08. The maximum absolute atomic E-state index is 12.2. The average molecular weight is 213 g/mol. The third-order valence-electron chi connectivity index (χ3n) is 3.08. The Bertz CT molecular complexity index is 516. The minimum absolute atomic E-state index is 0.0891. The van der Waals surface area contributed by atoms with Gasteiger partial charge in [0.25, 0.3) is 0 Å². The van der Waals surface area contributed by atoms with Crippen molar-refractivity contribution in [2.75, 3.05) is 0 Å². The van der Waals surface area contributed by atoms with E-state index in [-0.39, 0.29) is 11.7 Å². The second-order valence-electron chi connectivity index (χ2n) is 4.02. The first-order valence-electron chi connectivity index (χ1n) is 5.36. The van der Waals surface area contributed by atoms with Crippen molar-refractivity contribution in [2.45, 2.75) is 18.8 Å². The highest BCUT2D eigenvalue weighted by atomic mass is 16.3.